The summed E-state index contributed by atoms with van der Waals surface area (Å²) in [5.41, 5.74) is 2.68. The predicted molar refractivity (Wildman–Crippen MR) is 138 cm³/mol. The molecule has 1 unspecified atom stereocenters. The molecule has 2 saturated heterocycles. The molecule has 3 amide bonds. The lowest BCUT2D eigenvalue weighted by molar-refractivity contribution is 0.0162. The van der Waals surface area contributed by atoms with Crippen molar-refractivity contribution in [3.63, 3.8) is 0 Å². The van der Waals surface area contributed by atoms with Gasteiger partial charge in [-0.25, -0.2) is 4.79 Å². The minimum absolute atomic E-state index is 0.0694. The molecule has 3 aliphatic rings. The van der Waals surface area contributed by atoms with E-state index in [1.54, 1.807) is 23.1 Å². The lowest BCUT2D eigenvalue weighted by Crippen LogP contribution is -2.60. The van der Waals surface area contributed by atoms with Crippen molar-refractivity contribution >= 4 is 23.5 Å². The van der Waals surface area contributed by atoms with Gasteiger partial charge in [-0.15, -0.1) is 0 Å². The number of rotatable bonds is 4. The molecule has 3 aliphatic heterocycles. The Labute approximate surface area is 216 Å². The first kappa shape index (κ1) is 25.0. The van der Waals surface area contributed by atoms with E-state index in [2.05, 4.69) is 40.8 Å². The molecule has 5 rings (SSSR count). The van der Waals surface area contributed by atoms with Gasteiger partial charge in [0, 0.05) is 56.1 Å². The lowest BCUT2D eigenvalue weighted by Gasteiger charge is -2.46. The number of aromatic amines is 1. The number of fused-ring (bicyclic) bond motifs is 1. The summed E-state index contributed by atoms with van der Waals surface area (Å²) in [6.07, 6.45) is 2.20. The number of H-pyrrole nitrogens is 1. The van der Waals surface area contributed by atoms with E-state index in [0.717, 1.165) is 44.7 Å². The summed E-state index contributed by atoms with van der Waals surface area (Å²) in [6, 6.07) is 8.76. The highest BCUT2D eigenvalue weighted by atomic mass is 16.5. The number of anilines is 1. The third kappa shape index (κ3) is 4.97. The molecule has 10 heteroatoms. The minimum Gasteiger partial charge on any atom is -0.381 e. The number of nitriles is 1. The quantitative estimate of drug-likeness (QED) is 0.661. The first-order valence-corrected chi connectivity index (χ1v) is 12.8. The van der Waals surface area contributed by atoms with Crippen molar-refractivity contribution in [3.05, 3.63) is 53.2 Å². The molecule has 0 spiro atoms. The van der Waals surface area contributed by atoms with Gasteiger partial charge in [0.1, 0.15) is 0 Å². The fourth-order valence-corrected chi connectivity index (χ4v) is 5.48. The first-order valence-electron chi connectivity index (χ1n) is 12.8. The van der Waals surface area contributed by atoms with Crippen LogP contribution in [0.4, 0.5) is 10.6 Å². The van der Waals surface area contributed by atoms with Gasteiger partial charge in [-0.3, -0.25) is 19.7 Å². The van der Waals surface area contributed by atoms with Crippen molar-refractivity contribution in [2.75, 3.05) is 38.2 Å². The summed E-state index contributed by atoms with van der Waals surface area (Å²) in [5.74, 6) is 0.643. The Morgan fingerprint density at radius 3 is 2.78 bits per heavy atom. The number of carbonyl (C=O) groups is 2. The third-order valence-electron chi connectivity index (χ3n) is 7.71. The number of nitrogens with zero attached hydrogens (tertiary/aromatic N) is 5. The monoisotopic (exact) mass is 503 g/mol. The summed E-state index contributed by atoms with van der Waals surface area (Å²) < 4.78 is 5.51. The summed E-state index contributed by atoms with van der Waals surface area (Å²) >= 11 is 0. The van der Waals surface area contributed by atoms with Crippen LogP contribution in [-0.2, 0) is 11.3 Å². The zero-order valence-electron chi connectivity index (χ0n) is 21.4. The topological polar surface area (TPSA) is 118 Å². The van der Waals surface area contributed by atoms with E-state index in [1.165, 1.54) is 6.07 Å². The molecule has 1 aromatic carbocycles. The van der Waals surface area contributed by atoms with E-state index in [-0.39, 0.29) is 30.6 Å². The van der Waals surface area contributed by atoms with Gasteiger partial charge < -0.3 is 15.0 Å². The molecule has 0 bridgehead atoms. The second kappa shape index (κ2) is 10.4. The summed E-state index contributed by atoms with van der Waals surface area (Å²) in [4.78, 5) is 32.5. The van der Waals surface area contributed by atoms with Crippen LogP contribution >= 0.6 is 0 Å². The van der Waals surface area contributed by atoms with Gasteiger partial charge in [0.15, 0.2) is 5.82 Å². The molecule has 194 valence electrons. The van der Waals surface area contributed by atoms with Crippen molar-refractivity contribution < 1.29 is 14.3 Å². The van der Waals surface area contributed by atoms with Crippen LogP contribution in [0.2, 0.25) is 0 Å². The molecule has 4 heterocycles. The second-order valence-electron chi connectivity index (χ2n) is 10.2. The number of ether oxygens (including phenoxy) is 1. The molecule has 37 heavy (non-hydrogen) atoms. The molecule has 1 aromatic heterocycles. The van der Waals surface area contributed by atoms with Crippen molar-refractivity contribution in [2.45, 2.75) is 45.3 Å². The molecular weight excluding hydrogens is 470 g/mol. The third-order valence-corrected chi connectivity index (χ3v) is 7.71. The van der Waals surface area contributed by atoms with Crippen LogP contribution in [0.25, 0.3) is 5.70 Å². The standard InChI is InChI=1S/C27H33N7O3/c1-17-14-33(18(2)13-32(17)15-20-7-9-37-10-8-20)27(36)34-16-23-24(19(34)3)30-31-25(23)29-26(35)22-6-4-5-21(11-22)12-28/h4-6,11,17-18,20H,3,7-10,13-16H2,1-2H3,(H2,29,30,31,35)/t17?,18-/m0/s1. The van der Waals surface area contributed by atoms with Crippen LogP contribution in [0.1, 0.15) is 53.9 Å². The smallest absolute Gasteiger partial charge is 0.325 e. The average Bonchev–Trinajstić information content (AvgIpc) is 3.46. The SMILES string of the molecule is C=C1c2[nH]nc(NC(=O)c3cccc(C#N)c3)c2CN1C(=O)N1CC(C)N(CC2CCOCC2)C[C@@H]1C. The lowest BCUT2D eigenvalue weighted by atomic mass is 9.97. The van der Waals surface area contributed by atoms with Crippen molar-refractivity contribution in [2.24, 2.45) is 5.92 Å². The minimum atomic E-state index is -0.370. The normalized spacial score (nSPS) is 22.6. The Balaban J connectivity index is 1.24. The fraction of sp³-hybridized carbons (Fsp3) is 0.481. The van der Waals surface area contributed by atoms with E-state index >= 15 is 0 Å². The van der Waals surface area contributed by atoms with Gasteiger partial charge in [-0.2, -0.15) is 10.4 Å². The predicted octanol–water partition coefficient (Wildman–Crippen LogP) is 3.26. The van der Waals surface area contributed by atoms with Gasteiger partial charge in [0.2, 0.25) is 0 Å². The van der Waals surface area contributed by atoms with E-state index in [4.69, 9.17) is 10.00 Å². The highest BCUT2D eigenvalue weighted by Crippen LogP contribution is 2.36. The van der Waals surface area contributed by atoms with Crippen LogP contribution in [0.15, 0.2) is 30.8 Å². The largest absolute Gasteiger partial charge is 0.381 e. The summed E-state index contributed by atoms with van der Waals surface area (Å²) in [6.45, 7) is 12.9. The molecule has 10 nitrogen and oxygen atoms in total. The number of aromatic nitrogens is 2. The molecule has 0 radical (unpaired) electrons. The fourth-order valence-electron chi connectivity index (χ4n) is 5.48. The number of benzene rings is 1. The molecular formula is C27H33N7O3. The first-order chi connectivity index (χ1) is 17.9. The number of carbonyl (C=O) groups excluding carboxylic acids is 2. The Hall–Kier alpha value is -3.68. The summed E-state index contributed by atoms with van der Waals surface area (Å²) in [7, 11) is 0. The van der Waals surface area contributed by atoms with E-state index in [0.29, 0.717) is 40.8 Å². The van der Waals surface area contributed by atoms with Crippen LogP contribution in [0, 0.1) is 17.2 Å². The molecule has 2 fully saturated rings. The van der Waals surface area contributed by atoms with Crippen LogP contribution in [0.5, 0.6) is 0 Å². The van der Waals surface area contributed by atoms with E-state index in [9.17, 15) is 9.59 Å². The Bertz CT molecular complexity index is 1240. The van der Waals surface area contributed by atoms with E-state index in [1.807, 2.05) is 11.0 Å². The summed E-state index contributed by atoms with van der Waals surface area (Å²) in [5, 5.41) is 19.1. The zero-order valence-corrected chi connectivity index (χ0v) is 21.4. The van der Waals surface area contributed by atoms with Gasteiger partial charge in [0.05, 0.1) is 29.6 Å². The van der Waals surface area contributed by atoms with Gasteiger partial charge >= 0.3 is 6.03 Å². The van der Waals surface area contributed by atoms with Gasteiger partial charge in [-0.05, 0) is 50.8 Å². The zero-order chi connectivity index (χ0) is 26.1. The number of urea groups is 1. The maximum atomic E-state index is 13.7. The molecule has 0 saturated carbocycles. The molecule has 2 aromatic rings. The van der Waals surface area contributed by atoms with Gasteiger partial charge in [0.25, 0.3) is 5.91 Å². The van der Waals surface area contributed by atoms with Crippen LogP contribution < -0.4 is 5.32 Å². The van der Waals surface area contributed by atoms with Crippen LogP contribution in [0.3, 0.4) is 0 Å². The Morgan fingerprint density at radius 2 is 2.03 bits per heavy atom. The highest BCUT2D eigenvalue weighted by Gasteiger charge is 2.39. The van der Waals surface area contributed by atoms with Crippen molar-refractivity contribution in [3.8, 4) is 6.07 Å². The maximum Gasteiger partial charge on any atom is 0.325 e. The number of nitrogens with one attached hydrogen (secondary N) is 2. The molecule has 0 aliphatic carbocycles. The second-order valence-corrected chi connectivity index (χ2v) is 10.2. The molecule has 2 atom stereocenters. The Morgan fingerprint density at radius 1 is 1.24 bits per heavy atom. The van der Waals surface area contributed by atoms with Crippen molar-refractivity contribution in [1.29, 1.82) is 5.26 Å². The molecule has 2 N–H and O–H groups in total. The number of amides is 3. The number of hydrogen-bond donors (Lipinski definition) is 2. The number of piperazine rings is 1. The van der Waals surface area contributed by atoms with Gasteiger partial charge in [-0.1, -0.05) is 12.6 Å². The highest BCUT2D eigenvalue weighted by molar-refractivity contribution is 6.05. The maximum absolute atomic E-state index is 13.7. The average molecular weight is 504 g/mol. The van der Waals surface area contributed by atoms with Crippen molar-refractivity contribution in [1.82, 2.24) is 24.9 Å². The number of hydrogen-bond acceptors (Lipinski definition) is 6. The van der Waals surface area contributed by atoms with Crippen LogP contribution in [-0.4, -0.2) is 81.8 Å². The Kier molecular flexibility index (Phi) is 7.00. The van der Waals surface area contributed by atoms with E-state index < -0.39 is 0 Å².